The van der Waals surface area contributed by atoms with Crippen LogP contribution in [0.25, 0.3) is 10.8 Å². The lowest BCUT2D eigenvalue weighted by atomic mass is 9.96. The number of rotatable bonds is 7. The van der Waals surface area contributed by atoms with Crippen molar-refractivity contribution in [3.05, 3.63) is 72.3 Å². The Balaban J connectivity index is 1.62. The second-order valence-electron chi connectivity index (χ2n) is 6.62. The Kier molecular flexibility index (Phi) is 5.97. The van der Waals surface area contributed by atoms with Crippen molar-refractivity contribution < 1.29 is 14.3 Å². The number of benzene rings is 3. The lowest BCUT2D eigenvalue weighted by Crippen LogP contribution is -2.34. The quantitative estimate of drug-likeness (QED) is 0.621. The van der Waals surface area contributed by atoms with Gasteiger partial charge < -0.3 is 14.4 Å². The number of fused-ring (bicyclic) bond motifs is 1. The molecule has 0 N–H and O–H groups in total. The first-order valence-corrected chi connectivity index (χ1v) is 9.09. The van der Waals surface area contributed by atoms with Crippen LogP contribution in [-0.2, 0) is 4.79 Å². The average Bonchev–Trinajstić information content (AvgIpc) is 2.72. The fourth-order valence-electron chi connectivity index (χ4n) is 3.04. The van der Waals surface area contributed by atoms with Gasteiger partial charge in [-0.15, -0.1) is 0 Å². The number of carbonyl (C=O) groups is 1. The molecule has 1 unspecified atom stereocenters. The van der Waals surface area contributed by atoms with Gasteiger partial charge in [-0.3, -0.25) is 4.79 Å². The Bertz CT molecular complexity index is 908. The molecule has 0 aromatic heterocycles. The molecular weight excluding hydrogens is 338 g/mol. The van der Waals surface area contributed by atoms with E-state index in [2.05, 4.69) is 6.07 Å². The zero-order valence-electron chi connectivity index (χ0n) is 16.0. The molecule has 140 valence electrons. The summed E-state index contributed by atoms with van der Waals surface area (Å²) >= 11 is 0. The van der Waals surface area contributed by atoms with Crippen LogP contribution in [0, 0.1) is 0 Å². The third kappa shape index (κ3) is 4.59. The van der Waals surface area contributed by atoms with Crippen molar-refractivity contribution in [3.8, 4) is 11.5 Å². The van der Waals surface area contributed by atoms with Crippen LogP contribution in [0.2, 0.25) is 0 Å². The van der Waals surface area contributed by atoms with Gasteiger partial charge in [-0.1, -0.05) is 42.5 Å². The van der Waals surface area contributed by atoms with Crippen LogP contribution in [0.3, 0.4) is 0 Å². The molecule has 3 aromatic rings. The van der Waals surface area contributed by atoms with Crippen molar-refractivity contribution in [2.45, 2.75) is 12.8 Å². The highest BCUT2D eigenvalue weighted by molar-refractivity contribution is 5.88. The second-order valence-corrected chi connectivity index (χ2v) is 6.62. The number of likely N-dealkylation sites (N-methyl/N-ethyl adjacent to an activating group) is 1. The smallest absolute Gasteiger partial charge is 0.229 e. The molecule has 0 aliphatic carbocycles. The Morgan fingerprint density at radius 3 is 2.41 bits per heavy atom. The zero-order chi connectivity index (χ0) is 19.2. The maximum atomic E-state index is 12.8. The van der Waals surface area contributed by atoms with Crippen molar-refractivity contribution in [2.24, 2.45) is 0 Å². The summed E-state index contributed by atoms with van der Waals surface area (Å²) in [6.07, 6.45) is 0. The minimum absolute atomic E-state index is 0.0829. The average molecular weight is 363 g/mol. The van der Waals surface area contributed by atoms with Crippen LogP contribution in [0.1, 0.15) is 18.4 Å². The Morgan fingerprint density at radius 1 is 0.963 bits per heavy atom. The molecule has 3 rings (SSSR count). The lowest BCUT2D eigenvalue weighted by molar-refractivity contribution is -0.131. The van der Waals surface area contributed by atoms with Crippen molar-refractivity contribution in [1.82, 2.24) is 4.90 Å². The number of ether oxygens (including phenoxy) is 2. The molecule has 0 saturated carbocycles. The first-order chi connectivity index (χ1) is 13.1. The van der Waals surface area contributed by atoms with E-state index in [4.69, 9.17) is 9.47 Å². The Labute approximate surface area is 160 Å². The van der Waals surface area contributed by atoms with Crippen molar-refractivity contribution in [2.75, 3.05) is 27.3 Å². The van der Waals surface area contributed by atoms with E-state index in [-0.39, 0.29) is 11.8 Å². The molecule has 27 heavy (non-hydrogen) atoms. The number of nitrogens with zero attached hydrogens (tertiary/aromatic N) is 1. The summed E-state index contributed by atoms with van der Waals surface area (Å²) < 4.78 is 11.0. The number of para-hydroxylation sites is 1. The summed E-state index contributed by atoms with van der Waals surface area (Å²) in [4.78, 5) is 14.5. The topological polar surface area (TPSA) is 38.8 Å². The molecule has 0 radical (unpaired) electrons. The molecule has 0 aliphatic heterocycles. The second kappa shape index (κ2) is 8.58. The Morgan fingerprint density at radius 2 is 1.67 bits per heavy atom. The third-order valence-corrected chi connectivity index (χ3v) is 4.76. The van der Waals surface area contributed by atoms with Crippen molar-refractivity contribution in [3.63, 3.8) is 0 Å². The minimum Gasteiger partial charge on any atom is -0.497 e. The Hall–Kier alpha value is -3.01. The van der Waals surface area contributed by atoms with E-state index in [1.165, 1.54) is 0 Å². The fourth-order valence-corrected chi connectivity index (χ4v) is 3.04. The maximum Gasteiger partial charge on any atom is 0.229 e. The fraction of sp³-hybridized carbons (Fsp3) is 0.261. The van der Waals surface area contributed by atoms with E-state index in [1.807, 2.05) is 74.6 Å². The van der Waals surface area contributed by atoms with Crippen LogP contribution in [-0.4, -0.2) is 38.1 Å². The van der Waals surface area contributed by atoms with E-state index in [0.29, 0.717) is 13.2 Å². The van der Waals surface area contributed by atoms with E-state index in [0.717, 1.165) is 27.8 Å². The molecule has 0 bridgehead atoms. The number of hydrogen-bond acceptors (Lipinski definition) is 3. The normalized spacial score (nSPS) is 11.8. The summed E-state index contributed by atoms with van der Waals surface area (Å²) in [6, 6.07) is 21.7. The van der Waals surface area contributed by atoms with Crippen LogP contribution in [0.4, 0.5) is 0 Å². The first-order valence-electron chi connectivity index (χ1n) is 9.09. The van der Waals surface area contributed by atoms with Gasteiger partial charge in [-0.2, -0.15) is 0 Å². The van der Waals surface area contributed by atoms with Crippen LogP contribution < -0.4 is 9.47 Å². The van der Waals surface area contributed by atoms with Crippen LogP contribution in [0.15, 0.2) is 66.7 Å². The van der Waals surface area contributed by atoms with Gasteiger partial charge in [0.25, 0.3) is 0 Å². The van der Waals surface area contributed by atoms with Crippen LogP contribution >= 0.6 is 0 Å². The highest BCUT2D eigenvalue weighted by Gasteiger charge is 2.19. The van der Waals surface area contributed by atoms with Crippen molar-refractivity contribution in [1.29, 1.82) is 0 Å². The third-order valence-electron chi connectivity index (χ3n) is 4.76. The highest BCUT2D eigenvalue weighted by Crippen LogP contribution is 2.26. The molecule has 0 saturated heterocycles. The lowest BCUT2D eigenvalue weighted by Gasteiger charge is -2.22. The van der Waals surface area contributed by atoms with Gasteiger partial charge in [0, 0.05) is 7.05 Å². The SMILES string of the molecule is COc1ccc2cc(C(C)C(=O)N(C)CCOc3ccccc3)ccc2c1. The number of amides is 1. The minimum atomic E-state index is -0.210. The van der Waals surface area contributed by atoms with E-state index in [9.17, 15) is 4.79 Å². The molecular formula is C23H25NO3. The largest absolute Gasteiger partial charge is 0.497 e. The first kappa shape index (κ1) is 18.8. The van der Waals surface area contributed by atoms with Crippen LogP contribution in [0.5, 0.6) is 11.5 Å². The van der Waals surface area contributed by atoms with E-state index in [1.54, 1.807) is 12.0 Å². The molecule has 0 aliphatic rings. The highest BCUT2D eigenvalue weighted by atomic mass is 16.5. The predicted octanol–water partition coefficient (Wildman–Crippen LogP) is 4.49. The number of carbonyl (C=O) groups excluding carboxylic acids is 1. The van der Waals surface area contributed by atoms with Gasteiger partial charge >= 0.3 is 0 Å². The molecule has 0 heterocycles. The van der Waals surface area contributed by atoms with E-state index < -0.39 is 0 Å². The molecule has 0 fully saturated rings. The van der Waals surface area contributed by atoms with Gasteiger partial charge in [0.2, 0.25) is 5.91 Å². The standard InChI is InChI=1S/C23H25NO3/c1-17(18-9-10-20-16-22(26-3)12-11-19(20)15-18)23(25)24(2)13-14-27-21-7-5-4-6-8-21/h4-12,15-17H,13-14H2,1-3H3. The van der Waals surface area contributed by atoms with Gasteiger partial charge in [-0.05, 0) is 47.5 Å². The molecule has 3 aromatic carbocycles. The molecule has 1 atom stereocenters. The predicted molar refractivity (Wildman–Crippen MR) is 108 cm³/mol. The summed E-state index contributed by atoms with van der Waals surface area (Å²) in [7, 11) is 3.48. The zero-order valence-corrected chi connectivity index (χ0v) is 16.0. The molecule has 0 spiro atoms. The van der Waals surface area contributed by atoms with Gasteiger partial charge in [0.1, 0.15) is 18.1 Å². The van der Waals surface area contributed by atoms with E-state index >= 15 is 0 Å². The summed E-state index contributed by atoms with van der Waals surface area (Å²) in [5, 5.41) is 2.20. The monoisotopic (exact) mass is 363 g/mol. The summed E-state index contributed by atoms with van der Waals surface area (Å²) in [6.45, 7) is 2.96. The number of hydrogen-bond donors (Lipinski definition) is 0. The molecule has 4 heteroatoms. The molecule has 1 amide bonds. The maximum absolute atomic E-state index is 12.8. The van der Waals surface area contributed by atoms with Gasteiger partial charge in [0.05, 0.1) is 19.6 Å². The van der Waals surface area contributed by atoms with Gasteiger partial charge in [-0.25, -0.2) is 0 Å². The summed E-state index contributed by atoms with van der Waals surface area (Å²) in [5.74, 6) is 1.52. The molecule has 4 nitrogen and oxygen atoms in total. The van der Waals surface area contributed by atoms with Crippen molar-refractivity contribution >= 4 is 16.7 Å². The number of methoxy groups -OCH3 is 1. The van der Waals surface area contributed by atoms with Gasteiger partial charge in [0.15, 0.2) is 0 Å². The summed E-state index contributed by atoms with van der Waals surface area (Å²) in [5.41, 5.74) is 1.01.